The Hall–Kier alpha value is -1.49. The highest BCUT2D eigenvalue weighted by Crippen LogP contribution is 2.23. The summed E-state index contributed by atoms with van der Waals surface area (Å²) >= 11 is 1.46. The predicted octanol–water partition coefficient (Wildman–Crippen LogP) is 2.21. The summed E-state index contributed by atoms with van der Waals surface area (Å²) in [6, 6.07) is 5.34. The van der Waals surface area contributed by atoms with Crippen molar-refractivity contribution in [2.75, 3.05) is 13.4 Å². The van der Waals surface area contributed by atoms with Crippen LogP contribution in [0.25, 0.3) is 0 Å². The Morgan fingerprint density at radius 3 is 2.65 bits per heavy atom. The maximum absolute atomic E-state index is 11.5. The first kappa shape index (κ1) is 13.6. The Kier molecular flexibility index (Phi) is 5.03. The predicted molar refractivity (Wildman–Crippen MR) is 65.5 cm³/mol. The fourth-order valence-electron chi connectivity index (χ4n) is 1.43. The number of hydrogen-bond donors (Lipinski definition) is 1. The van der Waals surface area contributed by atoms with Crippen LogP contribution < -0.4 is 0 Å². The van der Waals surface area contributed by atoms with Crippen LogP contribution in [-0.4, -0.2) is 30.4 Å². The molecule has 0 aliphatic rings. The van der Waals surface area contributed by atoms with Crippen LogP contribution in [0.5, 0.6) is 0 Å². The molecule has 17 heavy (non-hydrogen) atoms. The summed E-state index contributed by atoms with van der Waals surface area (Å²) in [5.41, 5.74) is 1.31. The fourth-order valence-corrected chi connectivity index (χ4v) is 2.00. The number of aliphatic carboxylic acids is 1. The molecule has 92 valence electrons. The highest BCUT2D eigenvalue weighted by Gasteiger charge is 2.12. The minimum atomic E-state index is -0.849. The molecule has 0 atom stereocenters. The summed E-state index contributed by atoms with van der Waals surface area (Å²) in [6.45, 7) is 0. The number of methoxy groups -OCH3 is 1. The molecule has 0 saturated heterocycles. The summed E-state index contributed by atoms with van der Waals surface area (Å²) in [6.07, 6.45) is 2.34. The Morgan fingerprint density at radius 1 is 1.41 bits per heavy atom. The minimum Gasteiger partial charge on any atom is -0.481 e. The van der Waals surface area contributed by atoms with Gasteiger partial charge in [-0.3, -0.25) is 4.79 Å². The van der Waals surface area contributed by atoms with E-state index in [-0.39, 0.29) is 6.42 Å². The van der Waals surface area contributed by atoms with Crippen LogP contribution in [0.15, 0.2) is 23.1 Å². The van der Waals surface area contributed by atoms with E-state index in [4.69, 9.17) is 9.84 Å². The molecule has 1 N–H and O–H groups in total. The molecule has 0 aliphatic carbocycles. The van der Waals surface area contributed by atoms with Gasteiger partial charge in [-0.1, -0.05) is 6.07 Å². The first-order valence-corrected chi connectivity index (χ1v) is 6.28. The first-order valence-electron chi connectivity index (χ1n) is 5.05. The van der Waals surface area contributed by atoms with E-state index in [9.17, 15) is 9.59 Å². The molecular formula is C12H14O4S. The van der Waals surface area contributed by atoms with E-state index in [1.54, 1.807) is 6.07 Å². The molecule has 0 heterocycles. The van der Waals surface area contributed by atoms with Gasteiger partial charge in [-0.05, 0) is 30.4 Å². The molecule has 0 aromatic heterocycles. The zero-order valence-corrected chi connectivity index (χ0v) is 10.5. The third-order valence-electron chi connectivity index (χ3n) is 2.30. The molecule has 1 aromatic carbocycles. The first-order chi connectivity index (χ1) is 8.08. The van der Waals surface area contributed by atoms with Crippen LogP contribution in [0.3, 0.4) is 0 Å². The van der Waals surface area contributed by atoms with Gasteiger partial charge in [0, 0.05) is 11.3 Å². The maximum Gasteiger partial charge on any atom is 0.339 e. The normalized spacial score (nSPS) is 10.0. The average molecular weight is 254 g/mol. The Bertz CT molecular complexity index is 429. The van der Waals surface area contributed by atoms with Gasteiger partial charge in [0.25, 0.3) is 0 Å². The highest BCUT2D eigenvalue weighted by atomic mass is 32.2. The van der Waals surface area contributed by atoms with Crippen molar-refractivity contribution >= 4 is 23.7 Å². The molecule has 0 radical (unpaired) electrons. The maximum atomic E-state index is 11.5. The number of aryl methyl sites for hydroxylation is 1. The lowest BCUT2D eigenvalue weighted by atomic mass is 10.1. The number of rotatable bonds is 5. The van der Waals surface area contributed by atoms with Gasteiger partial charge in [0.2, 0.25) is 0 Å². The molecule has 1 aromatic rings. The Labute approximate surface area is 104 Å². The zero-order valence-electron chi connectivity index (χ0n) is 9.73. The number of esters is 1. The number of benzene rings is 1. The second kappa shape index (κ2) is 6.30. The van der Waals surface area contributed by atoms with Crippen LogP contribution in [0.1, 0.15) is 22.3 Å². The van der Waals surface area contributed by atoms with E-state index >= 15 is 0 Å². The standard InChI is InChI=1S/C12H14O4S/c1-16-12(15)9-7-8(4-6-11(13)14)3-5-10(9)17-2/h3,5,7H,4,6H2,1-2H3,(H,13,14). The number of carbonyl (C=O) groups excluding carboxylic acids is 1. The second-order valence-corrected chi connectivity index (χ2v) is 4.27. The molecule has 0 amide bonds. The number of hydrogen-bond acceptors (Lipinski definition) is 4. The lowest BCUT2D eigenvalue weighted by molar-refractivity contribution is -0.136. The van der Waals surface area contributed by atoms with Crippen LogP contribution in [0.4, 0.5) is 0 Å². The molecular weight excluding hydrogens is 240 g/mol. The monoisotopic (exact) mass is 254 g/mol. The van der Waals surface area contributed by atoms with Crippen LogP contribution in [-0.2, 0) is 16.0 Å². The SMILES string of the molecule is COC(=O)c1cc(CCC(=O)O)ccc1SC. The van der Waals surface area contributed by atoms with Crippen LogP contribution >= 0.6 is 11.8 Å². The lowest BCUT2D eigenvalue weighted by Crippen LogP contribution is -2.05. The summed E-state index contributed by atoms with van der Waals surface area (Å²) < 4.78 is 4.69. The van der Waals surface area contributed by atoms with Gasteiger partial charge < -0.3 is 9.84 Å². The van der Waals surface area contributed by atoms with Crippen LogP contribution in [0.2, 0.25) is 0 Å². The zero-order chi connectivity index (χ0) is 12.8. The number of carboxylic acid groups (broad SMARTS) is 1. The minimum absolute atomic E-state index is 0.0548. The summed E-state index contributed by atoms with van der Waals surface area (Å²) in [4.78, 5) is 22.8. The molecule has 0 unspecified atom stereocenters. The van der Waals surface area contributed by atoms with Gasteiger partial charge in [-0.15, -0.1) is 11.8 Å². The van der Waals surface area contributed by atoms with Crippen molar-refractivity contribution in [2.45, 2.75) is 17.7 Å². The van der Waals surface area contributed by atoms with Crippen LogP contribution in [0, 0.1) is 0 Å². The highest BCUT2D eigenvalue weighted by molar-refractivity contribution is 7.98. The van der Waals surface area contributed by atoms with Crippen molar-refractivity contribution in [2.24, 2.45) is 0 Å². The molecule has 0 fully saturated rings. The van der Waals surface area contributed by atoms with E-state index in [2.05, 4.69) is 0 Å². The summed E-state index contributed by atoms with van der Waals surface area (Å²) in [5, 5.41) is 8.60. The smallest absolute Gasteiger partial charge is 0.339 e. The quantitative estimate of drug-likeness (QED) is 0.644. The number of carboxylic acids is 1. The van der Waals surface area contributed by atoms with E-state index in [0.717, 1.165) is 10.5 Å². The summed E-state index contributed by atoms with van der Waals surface area (Å²) in [5.74, 6) is -1.25. The van der Waals surface area contributed by atoms with E-state index in [1.807, 2.05) is 18.4 Å². The topological polar surface area (TPSA) is 63.6 Å². The molecule has 5 heteroatoms. The molecule has 4 nitrogen and oxygen atoms in total. The van der Waals surface area contributed by atoms with E-state index < -0.39 is 11.9 Å². The van der Waals surface area contributed by atoms with Gasteiger partial charge in [-0.2, -0.15) is 0 Å². The van der Waals surface area contributed by atoms with Crippen molar-refractivity contribution in [3.8, 4) is 0 Å². The van der Waals surface area contributed by atoms with E-state index in [0.29, 0.717) is 12.0 Å². The third kappa shape index (κ3) is 3.78. The molecule has 0 saturated carbocycles. The molecule has 0 aliphatic heterocycles. The van der Waals surface area contributed by atoms with Gasteiger partial charge >= 0.3 is 11.9 Å². The van der Waals surface area contributed by atoms with Crippen molar-refractivity contribution < 1.29 is 19.4 Å². The molecule has 1 rings (SSSR count). The van der Waals surface area contributed by atoms with Gasteiger partial charge in [0.05, 0.1) is 12.7 Å². The molecule has 0 spiro atoms. The fraction of sp³-hybridized carbons (Fsp3) is 0.333. The largest absolute Gasteiger partial charge is 0.481 e. The average Bonchev–Trinajstić information content (AvgIpc) is 2.34. The number of thioether (sulfide) groups is 1. The molecule has 0 bridgehead atoms. The number of ether oxygens (including phenoxy) is 1. The van der Waals surface area contributed by atoms with Gasteiger partial charge in [-0.25, -0.2) is 4.79 Å². The Morgan fingerprint density at radius 2 is 2.12 bits per heavy atom. The van der Waals surface area contributed by atoms with Gasteiger partial charge in [0.1, 0.15) is 0 Å². The van der Waals surface area contributed by atoms with Crippen molar-refractivity contribution in [3.05, 3.63) is 29.3 Å². The van der Waals surface area contributed by atoms with Crippen molar-refractivity contribution in [3.63, 3.8) is 0 Å². The van der Waals surface area contributed by atoms with Crippen molar-refractivity contribution in [1.82, 2.24) is 0 Å². The lowest BCUT2D eigenvalue weighted by Gasteiger charge is -2.07. The number of carbonyl (C=O) groups is 2. The third-order valence-corrected chi connectivity index (χ3v) is 3.09. The van der Waals surface area contributed by atoms with Crippen molar-refractivity contribution in [1.29, 1.82) is 0 Å². The van der Waals surface area contributed by atoms with E-state index in [1.165, 1.54) is 18.9 Å². The summed E-state index contributed by atoms with van der Waals surface area (Å²) in [7, 11) is 1.33. The Balaban J connectivity index is 2.96. The second-order valence-electron chi connectivity index (χ2n) is 3.42. The van der Waals surface area contributed by atoms with Gasteiger partial charge in [0.15, 0.2) is 0 Å².